The molecule has 1 saturated heterocycles. The zero-order valence-corrected chi connectivity index (χ0v) is 7.64. The Bertz CT molecular complexity index is 270. The van der Waals surface area contributed by atoms with Gasteiger partial charge in [-0.25, -0.2) is 8.42 Å². The maximum Gasteiger partial charge on any atom is 0.222 e. The second-order valence-corrected chi connectivity index (χ2v) is 4.83. The van der Waals surface area contributed by atoms with Crippen LogP contribution in [-0.2, 0) is 14.6 Å². The zero-order valence-electron chi connectivity index (χ0n) is 6.82. The second kappa shape index (κ2) is 3.43. The van der Waals surface area contributed by atoms with Crippen molar-refractivity contribution in [2.75, 3.05) is 18.8 Å². The van der Waals surface area contributed by atoms with E-state index in [0.717, 1.165) is 6.42 Å². The quantitative estimate of drug-likeness (QED) is 0.620. The summed E-state index contributed by atoms with van der Waals surface area (Å²) in [6.07, 6.45) is 4.39. The van der Waals surface area contributed by atoms with Crippen LogP contribution in [-0.4, -0.2) is 38.1 Å². The highest BCUT2D eigenvalue weighted by molar-refractivity contribution is 7.92. The van der Waals surface area contributed by atoms with Crippen LogP contribution >= 0.6 is 0 Å². The molecule has 0 N–H and O–H groups in total. The average Bonchev–Trinajstić information content (AvgIpc) is 2.29. The number of carbonyl (C=O) groups excluding carboxylic acids is 1. The Morgan fingerprint density at radius 2 is 2.17 bits per heavy atom. The molecule has 5 heteroatoms. The van der Waals surface area contributed by atoms with Crippen molar-refractivity contribution in [3.05, 3.63) is 6.26 Å². The predicted molar refractivity (Wildman–Crippen MR) is 45.0 cm³/mol. The molecule has 1 rings (SSSR count). The summed E-state index contributed by atoms with van der Waals surface area (Å²) in [6.45, 7) is 0.985. The number of amides is 1. The van der Waals surface area contributed by atoms with Crippen molar-refractivity contribution >= 4 is 15.7 Å². The minimum Gasteiger partial charge on any atom is -0.342 e. The molecule has 1 fully saturated rings. The van der Waals surface area contributed by atoms with Gasteiger partial charge in [-0.15, -0.1) is 0 Å². The van der Waals surface area contributed by atoms with Gasteiger partial charge in [0.25, 0.3) is 0 Å². The van der Waals surface area contributed by atoms with E-state index in [1.165, 1.54) is 0 Å². The fourth-order valence-electron chi connectivity index (χ4n) is 1.19. The van der Waals surface area contributed by atoms with Crippen LogP contribution in [0.2, 0.25) is 0 Å². The maximum absolute atomic E-state index is 11.0. The molecule has 0 atom stereocenters. The summed E-state index contributed by atoms with van der Waals surface area (Å²) in [6, 6.07) is 0. The minimum absolute atomic E-state index is 0.0290. The molecular weight excluding hydrogens is 178 g/mol. The molecule has 69 valence electrons. The normalized spacial score (nSPS) is 18.8. The first-order valence-electron chi connectivity index (χ1n) is 3.82. The Morgan fingerprint density at radius 3 is 2.58 bits per heavy atom. The molecule has 0 aromatic carbocycles. The first-order valence-corrected chi connectivity index (χ1v) is 5.65. The van der Waals surface area contributed by atoms with E-state index in [1.807, 2.05) is 0 Å². The van der Waals surface area contributed by atoms with Gasteiger partial charge in [0.15, 0.2) is 9.84 Å². The summed E-state index contributed by atoms with van der Waals surface area (Å²) in [5, 5.41) is 0. The van der Waals surface area contributed by atoms with Crippen molar-refractivity contribution in [1.29, 1.82) is 0 Å². The van der Waals surface area contributed by atoms with E-state index in [2.05, 4.69) is 6.26 Å². The molecule has 4 nitrogen and oxygen atoms in total. The van der Waals surface area contributed by atoms with Gasteiger partial charge in [0.1, 0.15) is 0 Å². The number of sulfone groups is 1. The predicted octanol–water partition coefficient (Wildman–Crippen LogP) is -0.185. The number of rotatable bonds is 3. The highest BCUT2D eigenvalue weighted by Crippen LogP contribution is 2.08. The van der Waals surface area contributed by atoms with Crippen LogP contribution < -0.4 is 0 Å². The first-order chi connectivity index (χ1) is 5.49. The Kier molecular flexibility index (Phi) is 2.72. The van der Waals surface area contributed by atoms with E-state index in [-0.39, 0.29) is 11.7 Å². The number of nitrogens with zero attached hydrogens (tertiary/aromatic N) is 1. The van der Waals surface area contributed by atoms with Crippen LogP contribution in [0.15, 0.2) is 0 Å². The molecule has 0 unspecified atom stereocenters. The SMILES string of the molecule is [CH2]S(=O)(=O)CCN1CCCC1=O. The third-order valence-electron chi connectivity index (χ3n) is 1.84. The van der Waals surface area contributed by atoms with Crippen molar-refractivity contribution in [3.63, 3.8) is 0 Å². The number of hydrogen-bond donors (Lipinski definition) is 0. The van der Waals surface area contributed by atoms with Crippen molar-refractivity contribution in [2.24, 2.45) is 0 Å². The minimum atomic E-state index is -3.18. The van der Waals surface area contributed by atoms with E-state index >= 15 is 0 Å². The lowest BCUT2D eigenvalue weighted by molar-refractivity contribution is -0.127. The van der Waals surface area contributed by atoms with Gasteiger partial charge in [-0.1, -0.05) is 0 Å². The van der Waals surface area contributed by atoms with Crippen LogP contribution in [0, 0.1) is 6.26 Å². The summed E-state index contributed by atoms with van der Waals surface area (Å²) >= 11 is 0. The highest BCUT2D eigenvalue weighted by atomic mass is 32.2. The van der Waals surface area contributed by atoms with Gasteiger partial charge in [-0.05, 0) is 6.42 Å². The summed E-state index contributed by atoms with van der Waals surface area (Å²) < 4.78 is 21.3. The molecule has 1 aliphatic rings. The lowest BCUT2D eigenvalue weighted by Gasteiger charge is -2.13. The van der Waals surface area contributed by atoms with Gasteiger partial charge in [0.2, 0.25) is 5.91 Å². The van der Waals surface area contributed by atoms with Crippen LogP contribution in [0.4, 0.5) is 0 Å². The van der Waals surface area contributed by atoms with Crippen molar-refractivity contribution in [2.45, 2.75) is 12.8 Å². The molecule has 0 spiro atoms. The van der Waals surface area contributed by atoms with Crippen molar-refractivity contribution in [1.82, 2.24) is 4.90 Å². The van der Waals surface area contributed by atoms with E-state index in [0.29, 0.717) is 19.5 Å². The molecule has 0 saturated carbocycles. The Balaban J connectivity index is 2.37. The summed E-state index contributed by atoms with van der Waals surface area (Å²) in [7, 11) is -3.18. The van der Waals surface area contributed by atoms with Crippen molar-refractivity contribution in [3.8, 4) is 0 Å². The second-order valence-electron chi connectivity index (χ2n) is 2.93. The first kappa shape index (κ1) is 9.51. The van der Waals surface area contributed by atoms with Gasteiger partial charge in [-0.2, -0.15) is 0 Å². The van der Waals surface area contributed by atoms with E-state index in [1.54, 1.807) is 4.90 Å². The molecule has 0 aromatic rings. The molecule has 1 aliphatic heterocycles. The lowest BCUT2D eigenvalue weighted by atomic mass is 10.4. The van der Waals surface area contributed by atoms with Crippen LogP contribution in [0.3, 0.4) is 0 Å². The number of likely N-dealkylation sites (tertiary alicyclic amines) is 1. The molecule has 1 radical (unpaired) electrons. The summed E-state index contributed by atoms with van der Waals surface area (Å²) in [4.78, 5) is 12.6. The molecule has 0 aromatic heterocycles. The van der Waals surface area contributed by atoms with Gasteiger partial charge < -0.3 is 4.90 Å². The van der Waals surface area contributed by atoms with E-state index < -0.39 is 9.84 Å². The summed E-state index contributed by atoms with van der Waals surface area (Å²) in [5.74, 6) is 0.0253. The summed E-state index contributed by atoms with van der Waals surface area (Å²) in [5.41, 5.74) is 0. The average molecular weight is 190 g/mol. The number of carbonyl (C=O) groups is 1. The van der Waals surface area contributed by atoms with Crippen LogP contribution in [0.25, 0.3) is 0 Å². The number of hydrogen-bond acceptors (Lipinski definition) is 3. The fourth-order valence-corrected chi connectivity index (χ4v) is 1.69. The third-order valence-corrected chi connectivity index (χ3v) is 2.65. The smallest absolute Gasteiger partial charge is 0.222 e. The van der Waals surface area contributed by atoms with E-state index in [4.69, 9.17) is 0 Å². The molecule has 12 heavy (non-hydrogen) atoms. The largest absolute Gasteiger partial charge is 0.342 e. The molecule has 0 aliphatic carbocycles. The molecule has 0 bridgehead atoms. The topological polar surface area (TPSA) is 54.5 Å². The highest BCUT2D eigenvalue weighted by Gasteiger charge is 2.20. The molecule has 1 amide bonds. The molecule has 1 heterocycles. The van der Waals surface area contributed by atoms with Gasteiger partial charge in [-0.3, -0.25) is 4.79 Å². The van der Waals surface area contributed by atoms with Gasteiger partial charge in [0, 0.05) is 19.5 Å². The van der Waals surface area contributed by atoms with Crippen molar-refractivity contribution < 1.29 is 13.2 Å². The van der Waals surface area contributed by atoms with Gasteiger partial charge >= 0.3 is 0 Å². The third kappa shape index (κ3) is 2.81. The Hall–Kier alpha value is -0.580. The molecular formula is C7H12NO3S. The zero-order chi connectivity index (χ0) is 9.19. The van der Waals surface area contributed by atoms with E-state index in [9.17, 15) is 13.2 Å². The lowest BCUT2D eigenvalue weighted by Crippen LogP contribution is -2.29. The Morgan fingerprint density at radius 1 is 1.50 bits per heavy atom. The monoisotopic (exact) mass is 190 g/mol. The fraction of sp³-hybridized carbons (Fsp3) is 0.714. The van der Waals surface area contributed by atoms with Gasteiger partial charge in [0.05, 0.1) is 12.0 Å². The standard InChI is InChI=1S/C7H12NO3S/c1-12(10,11)6-5-8-4-2-3-7(8)9/h1-6H2. The van der Waals surface area contributed by atoms with Crippen LogP contribution in [0.1, 0.15) is 12.8 Å². The van der Waals surface area contributed by atoms with Crippen LogP contribution in [0.5, 0.6) is 0 Å². The Labute approximate surface area is 72.5 Å². The maximum atomic E-state index is 11.0.